The highest BCUT2D eigenvalue weighted by atomic mass is 32.2. The molecule has 1 aliphatic rings. The number of nitrogens with one attached hydrogen (secondary N) is 1. The average molecular weight is 420 g/mol. The molecule has 0 saturated heterocycles. The van der Waals surface area contributed by atoms with Crippen LogP contribution in [0.1, 0.15) is 49.3 Å². The second-order valence-electron chi connectivity index (χ2n) is 8.23. The van der Waals surface area contributed by atoms with E-state index < -0.39 is 9.84 Å². The number of hydrogen-bond acceptors (Lipinski definition) is 3. The third kappa shape index (κ3) is 4.82. The van der Waals surface area contributed by atoms with Crippen LogP contribution in [0, 0.1) is 0 Å². The SMILES string of the molecule is CS(=O)(=O)c1ccc(-c2ccccc2C(NC2CCCCC2)c2ccccc2)cc1. The summed E-state index contributed by atoms with van der Waals surface area (Å²) in [7, 11) is -3.20. The molecule has 0 aliphatic heterocycles. The largest absolute Gasteiger partial charge is 0.303 e. The van der Waals surface area contributed by atoms with Crippen LogP contribution in [0.2, 0.25) is 0 Å². The van der Waals surface area contributed by atoms with Crippen LogP contribution >= 0.6 is 0 Å². The Bertz CT molecular complexity index is 1070. The van der Waals surface area contributed by atoms with Crippen LogP contribution in [0.25, 0.3) is 11.1 Å². The number of rotatable bonds is 6. The van der Waals surface area contributed by atoms with Crippen LogP contribution in [-0.2, 0) is 9.84 Å². The lowest BCUT2D eigenvalue weighted by atomic mass is 9.88. The van der Waals surface area contributed by atoms with Crippen molar-refractivity contribution in [3.05, 3.63) is 90.0 Å². The van der Waals surface area contributed by atoms with Crippen LogP contribution in [0.15, 0.2) is 83.8 Å². The van der Waals surface area contributed by atoms with Gasteiger partial charge in [0.05, 0.1) is 10.9 Å². The molecule has 1 unspecified atom stereocenters. The maximum absolute atomic E-state index is 11.9. The fourth-order valence-corrected chi connectivity index (χ4v) is 5.04. The van der Waals surface area contributed by atoms with Crippen molar-refractivity contribution in [3.63, 3.8) is 0 Å². The number of benzene rings is 3. The van der Waals surface area contributed by atoms with Crippen molar-refractivity contribution in [2.24, 2.45) is 0 Å². The van der Waals surface area contributed by atoms with E-state index in [0.29, 0.717) is 10.9 Å². The molecule has 0 spiro atoms. The topological polar surface area (TPSA) is 46.2 Å². The molecule has 3 nitrogen and oxygen atoms in total. The van der Waals surface area contributed by atoms with E-state index in [2.05, 4.69) is 53.8 Å². The summed E-state index contributed by atoms with van der Waals surface area (Å²) in [4.78, 5) is 0.351. The zero-order valence-electron chi connectivity index (χ0n) is 17.4. The van der Waals surface area contributed by atoms with E-state index in [-0.39, 0.29) is 6.04 Å². The van der Waals surface area contributed by atoms with Gasteiger partial charge >= 0.3 is 0 Å². The Balaban J connectivity index is 1.74. The Morgan fingerprint density at radius 3 is 2.10 bits per heavy atom. The molecule has 4 rings (SSSR count). The van der Waals surface area contributed by atoms with Gasteiger partial charge in [0.1, 0.15) is 0 Å². The van der Waals surface area contributed by atoms with Gasteiger partial charge in [0, 0.05) is 12.3 Å². The van der Waals surface area contributed by atoms with E-state index in [1.807, 2.05) is 18.2 Å². The molecule has 3 aromatic carbocycles. The highest BCUT2D eigenvalue weighted by molar-refractivity contribution is 7.90. The highest BCUT2D eigenvalue weighted by Crippen LogP contribution is 2.34. The number of hydrogen-bond donors (Lipinski definition) is 1. The molecule has 30 heavy (non-hydrogen) atoms. The lowest BCUT2D eigenvalue weighted by molar-refractivity contribution is 0.355. The van der Waals surface area contributed by atoms with Crippen LogP contribution in [0.5, 0.6) is 0 Å². The molecule has 0 heterocycles. The molecule has 1 saturated carbocycles. The van der Waals surface area contributed by atoms with Gasteiger partial charge in [0.25, 0.3) is 0 Å². The quantitative estimate of drug-likeness (QED) is 0.552. The summed E-state index contributed by atoms with van der Waals surface area (Å²) in [5.41, 5.74) is 4.64. The second kappa shape index (κ2) is 9.15. The molecule has 1 atom stereocenters. The molecule has 156 valence electrons. The molecule has 0 amide bonds. The standard InChI is InChI=1S/C26H29NO2S/c1-30(28,29)23-18-16-20(17-19-23)24-14-8-9-15-25(24)26(21-10-4-2-5-11-21)27-22-12-6-3-7-13-22/h2,4-5,8-11,14-19,22,26-27H,3,6-7,12-13H2,1H3. The van der Waals surface area contributed by atoms with Gasteiger partial charge in [-0.05, 0) is 47.2 Å². The van der Waals surface area contributed by atoms with Gasteiger partial charge in [-0.2, -0.15) is 0 Å². The predicted octanol–water partition coefficient (Wildman–Crippen LogP) is 5.77. The summed E-state index contributed by atoms with van der Waals surface area (Å²) in [6, 6.07) is 26.9. The minimum atomic E-state index is -3.20. The zero-order chi connectivity index (χ0) is 21.0. The van der Waals surface area contributed by atoms with Gasteiger partial charge in [-0.1, -0.05) is 86.0 Å². The monoisotopic (exact) mass is 419 g/mol. The minimum absolute atomic E-state index is 0.0973. The van der Waals surface area contributed by atoms with Gasteiger partial charge < -0.3 is 5.32 Å². The van der Waals surface area contributed by atoms with Gasteiger partial charge in [-0.25, -0.2) is 8.42 Å². The van der Waals surface area contributed by atoms with E-state index >= 15 is 0 Å². The van der Waals surface area contributed by atoms with Crippen molar-refractivity contribution in [1.82, 2.24) is 5.32 Å². The lowest BCUT2D eigenvalue weighted by Crippen LogP contribution is -2.35. The molecule has 1 N–H and O–H groups in total. The summed E-state index contributed by atoms with van der Waals surface area (Å²) >= 11 is 0. The smallest absolute Gasteiger partial charge is 0.175 e. The van der Waals surface area contributed by atoms with Crippen molar-refractivity contribution >= 4 is 9.84 Å². The first-order chi connectivity index (χ1) is 14.5. The fraction of sp³-hybridized carbons (Fsp3) is 0.308. The van der Waals surface area contributed by atoms with E-state index in [1.165, 1.54) is 49.5 Å². The van der Waals surface area contributed by atoms with Gasteiger partial charge in [0.2, 0.25) is 0 Å². The van der Waals surface area contributed by atoms with Crippen LogP contribution < -0.4 is 5.32 Å². The fourth-order valence-electron chi connectivity index (χ4n) is 4.41. The molecule has 4 heteroatoms. The van der Waals surface area contributed by atoms with Gasteiger partial charge in [0.15, 0.2) is 9.84 Å². The molecule has 0 radical (unpaired) electrons. The normalized spacial score (nSPS) is 16.3. The maximum Gasteiger partial charge on any atom is 0.175 e. The van der Waals surface area contributed by atoms with Crippen molar-refractivity contribution in [3.8, 4) is 11.1 Å². The van der Waals surface area contributed by atoms with E-state index in [4.69, 9.17) is 0 Å². The van der Waals surface area contributed by atoms with Crippen LogP contribution in [-0.4, -0.2) is 20.7 Å². The Labute approximate surface area is 180 Å². The lowest BCUT2D eigenvalue weighted by Gasteiger charge is -2.30. The molecule has 1 fully saturated rings. The Hall–Kier alpha value is -2.43. The van der Waals surface area contributed by atoms with Gasteiger partial charge in [-0.15, -0.1) is 0 Å². The molecule has 1 aliphatic carbocycles. The molecule has 3 aromatic rings. The summed E-state index contributed by atoms with van der Waals surface area (Å²) in [5, 5.41) is 3.94. The predicted molar refractivity (Wildman–Crippen MR) is 123 cm³/mol. The Morgan fingerprint density at radius 1 is 0.800 bits per heavy atom. The zero-order valence-corrected chi connectivity index (χ0v) is 18.2. The van der Waals surface area contributed by atoms with Gasteiger partial charge in [-0.3, -0.25) is 0 Å². The van der Waals surface area contributed by atoms with Crippen molar-refractivity contribution < 1.29 is 8.42 Å². The van der Waals surface area contributed by atoms with Crippen LogP contribution in [0.3, 0.4) is 0 Å². The summed E-state index contributed by atoms with van der Waals surface area (Å²) in [6.45, 7) is 0. The molecular weight excluding hydrogens is 390 g/mol. The highest BCUT2D eigenvalue weighted by Gasteiger charge is 2.23. The third-order valence-electron chi connectivity index (χ3n) is 6.01. The average Bonchev–Trinajstić information content (AvgIpc) is 2.78. The summed E-state index contributed by atoms with van der Waals surface area (Å²) in [5.74, 6) is 0. The molecule has 0 bridgehead atoms. The maximum atomic E-state index is 11.9. The minimum Gasteiger partial charge on any atom is -0.303 e. The van der Waals surface area contributed by atoms with E-state index in [9.17, 15) is 8.42 Å². The van der Waals surface area contributed by atoms with E-state index in [0.717, 1.165) is 11.1 Å². The molecule has 0 aromatic heterocycles. The summed E-state index contributed by atoms with van der Waals surface area (Å²) in [6.07, 6.45) is 7.58. The van der Waals surface area contributed by atoms with E-state index in [1.54, 1.807) is 12.1 Å². The molecular formula is C26H29NO2S. The first-order valence-electron chi connectivity index (χ1n) is 10.7. The van der Waals surface area contributed by atoms with Crippen molar-refractivity contribution in [2.75, 3.05) is 6.26 Å². The van der Waals surface area contributed by atoms with Crippen molar-refractivity contribution in [2.45, 2.75) is 49.1 Å². The number of sulfone groups is 1. The Morgan fingerprint density at radius 2 is 1.43 bits per heavy atom. The summed E-state index contributed by atoms with van der Waals surface area (Å²) < 4.78 is 23.7. The first-order valence-corrected chi connectivity index (χ1v) is 12.6. The second-order valence-corrected chi connectivity index (χ2v) is 10.2. The third-order valence-corrected chi connectivity index (χ3v) is 7.13. The van der Waals surface area contributed by atoms with Crippen LogP contribution in [0.4, 0.5) is 0 Å². The first kappa shape index (κ1) is 20.8. The Kier molecular flexibility index (Phi) is 6.35. The van der Waals surface area contributed by atoms with Crippen molar-refractivity contribution in [1.29, 1.82) is 0 Å².